The molecule has 23 heavy (non-hydrogen) atoms. The molecule has 0 saturated carbocycles. The zero-order valence-electron chi connectivity index (χ0n) is 12.9. The summed E-state index contributed by atoms with van der Waals surface area (Å²) >= 11 is 0. The van der Waals surface area contributed by atoms with Crippen molar-refractivity contribution in [2.75, 3.05) is 22.7 Å². The predicted molar refractivity (Wildman–Crippen MR) is 87.2 cm³/mol. The average molecular weight is 340 g/mol. The first-order valence-corrected chi connectivity index (χ1v) is 8.68. The highest BCUT2D eigenvalue weighted by Crippen LogP contribution is 2.22. The van der Waals surface area contributed by atoms with Crippen molar-refractivity contribution in [3.8, 4) is 0 Å². The van der Waals surface area contributed by atoms with Gasteiger partial charge in [0.1, 0.15) is 16.5 Å². The lowest BCUT2D eigenvalue weighted by Crippen LogP contribution is -2.21. The fourth-order valence-electron chi connectivity index (χ4n) is 2.23. The van der Waals surface area contributed by atoms with E-state index in [0.717, 1.165) is 30.9 Å². The van der Waals surface area contributed by atoms with Crippen molar-refractivity contribution < 1.29 is 17.2 Å². The van der Waals surface area contributed by atoms with Gasteiger partial charge in [-0.25, -0.2) is 17.2 Å². The molecule has 0 aliphatic rings. The van der Waals surface area contributed by atoms with Crippen molar-refractivity contribution in [2.24, 2.45) is 0 Å². The van der Waals surface area contributed by atoms with Gasteiger partial charge in [-0.15, -0.1) is 0 Å². The Morgan fingerprint density at radius 1 is 1.00 bits per heavy atom. The first-order valence-electron chi connectivity index (χ1n) is 7.20. The molecule has 0 amide bonds. The van der Waals surface area contributed by atoms with Crippen molar-refractivity contribution in [3.05, 3.63) is 54.1 Å². The third kappa shape index (κ3) is 3.98. The van der Waals surface area contributed by atoms with Crippen molar-refractivity contribution in [2.45, 2.75) is 18.7 Å². The highest BCUT2D eigenvalue weighted by molar-refractivity contribution is 7.92. The summed E-state index contributed by atoms with van der Waals surface area (Å²) in [5.74, 6) is -1.96. The van der Waals surface area contributed by atoms with E-state index in [9.17, 15) is 17.2 Å². The molecule has 0 heterocycles. The zero-order valence-corrected chi connectivity index (χ0v) is 13.7. The molecule has 0 saturated heterocycles. The van der Waals surface area contributed by atoms with E-state index in [1.54, 1.807) is 24.3 Å². The topological polar surface area (TPSA) is 49.4 Å². The SMILES string of the molecule is CCN(CC)c1ccc(NS(=O)(=O)c2ccc(F)cc2F)cc1. The number of anilines is 2. The van der Waals surface area contributed by atoms with Crippen LogP contribution in [0.15, 0.2) is 47.4 Å². The molecule has 2 aromatic carbocycles. The summed E-state index contributed by atoms with van der Waals surface area (Å²) in [6, 6.07) is 9.12. The van der Waals surface area contributed by atoms with Crippen molar-refractivity contribution in [1.82, 2.24) is 0 Å². The Labute approximate surface area is 134 Å². The van der Waals surface area contributed by atoms with Gasteiger partial charge >= 0.3 is 0 Å². The Hall–Kier alpha value is -2.15. The molecule has 0 atom stereocenters. The van der Waals surface area contributed by atoms with Gasteiger partial charge in [0.2, 0.25) is 0 Å². The molecule has 0 fully saturated rings. The van der Waals surface area contributed by atoms with Crippen molar-refractivity contribution in [3.63, 3.8) is 0 Å². The maximum Gasteiger partial charge on any atom is 0.264 e. The van der Waals surface area contributed by atoms with E-state index in [-0.39, 0.29) is 0 Å². The number of benzene rings is 2. The molecule has 0 aromatic heterocycles. The van der Waals surface area contributed by atoms with Crippen molar-refractivity contribution in [1.29, 1.82) is 0 Å². The Morgan fingerprint density at radius 3 is 2.13 bits per heavy atom. The molecule has 2 rings (SSSR count). The Bertz CT molecular complexity index is 773. The van der Waals surface area contributed by atoms with Gasteiger partial charge in [0, 0.05) is 30.5 Å². The summed E-state index contributed by atoms with van der Waals surface area (Å²) in [5.41, 5.74) is 1.27. The van der Waals surface area contributed by atoms with E-state index in [0.29, 0.717) is 11.8 Å². The molecule has 0 unspecified atom stereocenters. The lowest BCUT2D eigenvalue weighted by Gasteiger charge is -2.21. The van der Waals surface area contributed by atoms with Crippen LogP contribution in [0.4, 0.5) is 20.2 Å². The summed E-state index contributed by atoms with van der Waals surface area (Å²) in [6.07, 6.45) is 0. The van der Waals surface area contributed by atoms with Gasteiger partial charge in [-0.1, -0.05) is 0 Å². The van der Waals surface area contributed by atoms with Crippen LogP contribution in [0.5, 0.6) is 0 Å². The predicted octanol–water partition coefficient (Wildman–Crippen LogP) is 3.61. The van der Waals surface area contributed by atoms with Crippen LogP contribution < -0.4 is 9.62 Å². The Balaban J connectivity index is 2.24. The van der Waals surface area contributed by atoms with Gasteiger partial charge in [-0.2, -0.15) is 0 Å². The summed E-state index contributed by atoms with van der Waals surface area (Å²) in [5, 5.41) is 0. The minimum Gasteiger partial charge on any atom is -0.372 e. The smallest absolute Gasteiger partial charge is 0.264 e. The molecule has 0 aliphatic heterocycles. The van der Waals surface area contributed by atoms with E-state index < -0.39 is 26.6 Å². The molecular weight excluding hydrogens is 322 g/mol. The second kappa shape index (κ2) is 6.95. The third-order valence-corrected chi connectivity index (χ3v) is 4.85. The maximum atomic E-state index is 13.6. The number of halogens is 2. The fraction of sp³-hybridized carbons (Fsp3) is 0.250. The normalized spacial score (nSPS) is 11.3. The molecule has 0 spiro atoms. The quantitative estimate of drug-likeness (QED) is 0.874. The van der Waals surface area contributed by atoms with E-state index in [1.807, 2.05) is 13.8 Å². The fourth-order valence-corrected chi connectivity index (χ4v) is 3.35. The van der Waals surface area contributed by atoms with Gasteiger partial charge < -0.3 is 4.90 Å². The van der Waals surface area contributed by atoms with Crippen LogP contribution in [-0.2, 0) is 10.0 Å². The van der Waals surface area contributed by atoms with Crippen LogP contribution in [0, 0.1) is 11.6 Å². The van der Waals surface area contributed by atoms with E-state index >= 15 is 0 Å². The molecule has 0 bridgehead atoms. The van der Waals surface area contributed by atoms with E-state index in [2.05, 4.69) is 9.62 Å². The monoisotopic (exact) mass is 340 g/mol. The molecule has 2 aromatic rings. The number of sulfonamides is 1. The Morgan fingerprint density at radius 2 is 1.61 bits per heavy atom. The number of nitrogens with one attached hydrogen (secondary N) is 1. The highest BCUT2D eigenvalue weighted by atomic mass is 32.2. The first kappa shape index (κ1) is 17.2. The molecule has 124 valence electrons. The summed E-state index contributed by atoms with van der Waals surface area (Å²) < 4.78 is 53.2. The molecular formula is C16H18F2N2O2S. The van der Waals surface area contributed by atoms with Gasteiger partial charge in [-0.05, 0) is 50.2 Å². The van der Waals surface area contributed by atoms with Crippen LogP contribution in [0.2, 0.25) is 0 Å². The van der Waals surface area contributed by atoms with Crippen LogP contribution in [0.1, 0.15) is 13.8 Å². The third-order valence-electron chi connectivity index (χ3n) is 3.43. The zero-order chi connectivity index (χ0) is 17.0. The summed E-state index contributed by atoms with van der Waals surface area (Å²) in [4.78, 5) is 1.52. The largest absolute Gasteiger partial charge is 0.372 e. The summed E-state index contributed by atoms with van der Waals surface area (Å²) in [6.45, 7) is 5.72. The van der Waals surface area contributed by atoms with Gasteiger partial charge in [-0.3, -0.25) is 4.72 Å². The average Bonchev–Trinajstić information content (AvgIpc) is 2.49. The molecule has 7 heteroatoms. The van der Waals surface area contributed by atoms with E-state index in [4.69, 9.17) is 0 Å². The number of rotatable bonds is 6. The molecule has 1 N–H and O–H groups in total. The number of hydrogen-bond acceptors (Lipinski definition) is 3. The molecule has 0 aliphatic carbocycles. The number of hydrogen-bond donors (Lipinski definition) is 1. The minimum absolute atomic E-state index is 0.310. The number of nitrogens with zero attached hydrogens (tertiary/aromatic N) is 1. The maximum absolute atomic E-state index is 13.6. The second-order valence-electron chi connectivity index (χ2n) is 4.90. The van der Waals surface area contributed by atoms with Crippen LogP contribution in [0.3, 0.4) is 0 Å². The molecule has 0 radical (unpaired) electrons. The lowest BCUT2D eigenvalue weighted by atomic mass is 10.2. The Kier molecular flexibility index (Phi) is 5.20. The molecule has 4 nitrogen and oxygen atoms in total. The lowest BCUT2D eigenvalue weighted by molar-refractivity contribution is 0.551. The first-order chi connectivity index (χ1) is 10.9. The standard InChI is InChI=1S/C16H18F2N2O2S/c1-3-20(4-2)14-8-6-13(7-9-14)19-23(21,22)16-10-5-12(17)11-15(16)18/h5-11,19H,3-4H2,1-2H3. The highest BCUT2D eigenvalue weighted by Gasteiger charge is 2.19. The van der Waals surface area contributed by atoms with Crippen LogP contribution >= 0.6 is 0 Å². The minimum atomic E-state index is -4.11. The van der Waals surface area contributed by atoms with Gasteiger partial charge in [0.15, 0.2) is 0 Å². The van der Waals surface area contributed by atoms with Crippen LogP contribution in [-0.4, -0.2) is 21.5 Å². The van der Waals surface area contributed by atoms with Crippen LogP contribution in [0.25, 0.3) is 0 Å². The summed E-state index contributed by atoms with van der Waals surface area (Å²) in [7, 11) is -4.11. The van der Waals surface area contributed by atoms with E-state index in [1.165, 1.54) is 0 Å². The second-order valence-corrected chi connectivity index (χ2v) is 6.55. The van der Waals surface area contributed by atoms with Gasteiger partial charge in [0.25, 0.3) is 10.0 Å². The van der Waals surface area contributed by atoms with Gasteiger partial charge in [0.05, 0.1) is 0 Å². The van der Waals surface area contributed by atoms with Crippen molar-refractivity contribution >= 4 is 21.4 Å².